The lowest BCUT2D eigenvalue weighted by Gasteiger charge is -2.42. The Hall–Kier alpha value is -0.570. The molecular weight excluding hydrogens is 276 g/mol. The molecule has 17 heavy (non-hydrogen) atoms. The Labute approximate surface area is 113 Å². The molecule has 0 aliphatic carbocycles. The SMILES string of the molecule is CCC1(CC)CCN(c2ccncc2Br)CC1. The molecule has 94 valence electrons. The Kier molecular flexibility index (Phi) is 4.08. The van der Waals surface area contributed by atoms with Gasteiger partial charge in [0.15, 0.2) is 0 Å². The van der Waals surface area contributed by atoms with E-state index in [4.69, 9.17) is 0 Å². The maximum atomic E-state index is 4.13. The molecule has 1 aliphatic heterocycles. The molecule has 1 fully saturated rings. The second-order valence-electron chi connectivity index (χ2n) is 5.02. The molecule has 2 nitrogen and oxygen atoms in total. The number of rotatable bonds is 3. The van der Waals surface area contributed by atoms with E-state index in [1.54, 1.807) is 0 Å². The van der Waals surface area contributed by atoms with Crippen LogP contribution in [0.3, 0.4) is 0 Å². The third-order valence-electron chi connectivity index (χ3n) is 4.42. The van der Waals surface area contributed by atoms with E-state index in [0.29, 0.717) is 5.41 Å². The quantitative estimate of drug-likeness (QED) is 0.829. The van der Waals surface area contributed by atoms with Crippen LogP contribution in [0, 0.1) is 5.41 Å². The molecule has 1 aromatic heterocycles. The van der Waals surface area contributed by atoms with Gasteiger partial charge >= 0.3 is 0 Å². The zero-order chi connectivity index (χ0) is 12.3. The van der Waals surface area contributed by atoms with Gasteiger partial charge in [0.25, 0.3) is 0 Å². The maximum Gasteiger partial charge on any atom is 0.0592 e. The first-order chi connectivity index (χ1) is 8.21. The van der Waals surface area contributed by atoms with Crippen molar-refractivity contribution < 1.29 is 0 Å². The van der Waals surface area contributed by atoms with Gasteiger partial charge in [-0.1, -0.05) is 26.7 Å². The fourth-order valence-corrected chi connectivity index (χ4v) is 3.30. The summed E-state index contributed by atoms with van der Waals surface area (Å²) in [7, 11) is 0. The van der Waals surface area contributed by atoms with Crippen LogP contribution in [0.25, 0.3) is 0 Å². The summed E-state index contributed by atoms with van der Waals surface area (Å²) >= 11 is 3.59. The number of aromatic nitrogens is 1. The Morgan fingerprint density at radius 3 is 2.47 bits per heavy atom. The number of piperidine rings is 1. The average molecular weight is 297 g/mol. The van der Waals surface area contributed by atoms with Crippen molar-refractivity contribution in [1.82, 2.24) is 4.98 Å². The molecule has 0 radical (unpaired) electrons. The predicted molar refractivity (Wildman–Crippen MR) is 76.4 cm³/mol. The molecule has 0 aromatic carbocycles. The lowest BCUT2D eigenvalue weighted by Crippen LogP contribution is -2.39. The van der Waals surface area contributed by atoms with Crippen molar-refractivity contribution in [3.63, 3.8) is 0 Å². The van der Waals surface area contributed by atoms with Gasteiger partial charge in [0, 0.05) is 25.5 Å². The van der Waals surface area contributed by atoms with Crippen LogP contribution < -0.4 is 4.90 Å². The first kappa shape index (κ1) is 12.9. The van der Waals surface area contributed by atoms with E-state index in [0.717, 1.165) is 4.47 Å². The predicted octanol–water partition coefficient (Wildman–Crippen LogP) is 4.25. The van der Waals surface area contributed by atoms with E-state index >= 15 is 0 Å². The van der Waals surface area contributed by atoms with Gasteiger partial charge in [0.05, 0.1) is 10.2 Å². The molecule has 1 aliphatic rings. The van der Waals surface area contributed by atoms with E-state index in [-0.39, 0.29) is 0 Å². The molecule has 0 amide bonds. The van der Waals surface area contributed by atoms with Gasteiger partial charge < -0.3 is 4.90 Å². The first-order valence-electron chi connectivity index (χ1n) is 6.55. The molecule has 0 unspecified atom stereocenters. The Balaban J connectivity index is 2.07. The van der Waals surface area contributed by atoms with Crippen molar-refractivity contribution in [1.29, 1.82) is 0 Å². The van der Waals surface area contributed by atoms with Crippen LogP contribution in [0.1, 0.15) is 39.5 Å². The first-order valence-corrected chi connectivity index (χ1v) is 7.34. The largest absolute Gasteiger partial charge is 0.370 e. The zero-order valence-corrected chi connectivity index (χ0v) is 12.3. The Morgan fingerprint density at radius 2 is 1.94 bits per heavy atom. The van der Waals surface area contributed by atoms with E-state index in [9.17, 15) is 0 Å². The van der Waals surface area contributed by atoms with Crippen LogP contribution in [0.2, 0.25) is 0 Å². The lowest BCUT2D eigenvalue weighted by atomic mass is 9.74. The number of nitrogens with zero attached hydrogens (tertiary/aromatic N) is 2. The van der Waals surface area contributed by atoms with Crippen LogP contribution in [0.4, 0.5) is 5.69 Å². The third-order valence-corrected chi connectivity index (χ3v) is 5.03. The third kappa shape index (κ3) is 2.65. The number of anilines is 1. The fourth-order valence-electron chi connectivity index (χ4n) is 2.80. The molecule has 0 saturated carbocycles. The molecule has 0 spiro atoms. The van der Waals surface area contributed by atoms with Gasteiger partial charge in [-0.2, -0.15) is 0 Å². The van der Waals surface area contributed by atoms with E-state index in [1.165, 1.54) is 44.5 Å². The number of hydrogen-bond donors (Lipinski definition) is 0. The Bertz CT molecular complexity index is 364. The van der Waals surface area contributed by atoms with Crippen LogP contribution in [-0.4, -0.2) is 18.1 Å². The van der Waals surface area contributed by atoms with Gasteiger partial charge in [-0.15, -0.1) is 0 Å². The topological polar surface area (TPSA) is 16.1 Å². The minimum Gasteiger partial charge on any atom is -0.370 e. The van der Waals surface area contributed by atoms with Crippen molar-refractivity contribution in [3.05, 3.63) is 22.9 Å². The van der Waals surface area contributed by atoms with Crippen LogP contribution >= 0.6 is 15.9 Å². The van der Waals surface area contributed by atoms with Crippen LogP contribution in [0.15, 0.2) is 22.9 Å². The van der Waals surface area contributed by atoms with E-state index < -0.39 is 0 Å². The molecule has 0 N–H and O–H groups in total. The van der Waals surface area contributed by atoms with E-state index in [1.807, 2.05) is 12.4 Å². The average Bonchev–Trinajstić information content (AvgIpc) is 2.40. The van der Waals surface area contributed by atoms with Gasteiger partial charge in [-0.05, 0) is 40.3 Å². The van der Waals surface area contributed by atoms with Gasteiger partial charge in [0.1, 0.15) is 0 Å². The molecule has 1 saturated heterocycles. The molecular formula is C14H21BrN2. The van der Waals surface area contributed by atoms with Crippen molar-refractivity contribution in [2.24, 2.45) is 5.41 Å². The van der Waals surface area contributed by atoms with Gasteiger partial charge in [0.2, 0.25) is 0 Å². The summed E-state index contributed by atoms with van der Waals surface area (Å²) in [6.45, 7) is 7.01. The highest BCUT2D eigenvalue weighted by molar-refractivity contribution is 9.10. The summed E-state index contributed by atoms with van der Waals surface area (Å²) in [5, 5.41) is 0. The molecule has 1 aromatic rings. The summed E-state index contributed by atoms with van der Waals surface area (Å²) in [6, 6.07) is 2.11. The second-order valence-corrected chi connectivity index (χ2v) is 5.88. The van der Waals surface area contributed by atoms with Crippen molar-refractivity contribution in [2.45, 2.75) is 39.5 Å². The summed E-state index contributed by atoms with van der Waals surface area (Å²) < 4.78 is 1.11. The Morgan fingerprint density at radius 1 is 1.29 bits per heavy atom. The minimum absolute atomic E-state index is 0.593. The molecule has 2 heterocycles. The molecule has 0 bridgehead atoms. The summed E-state index contributed by atoms with van der Waals surface area (Å²) in [5.74, 6) is 0. The highest BCUT2D eigenvalue weighted by Gasteiger charge is 2.31. The summed E-state index contributed by atoms with van der Waals surface area (Å²) in [5.41, 5.74) is 1.89. The van der Waals surface area contributed by atoms with Crippen LogP contribution in [-0.2, 0) is 0 Å². The van der Waals surface area contributed by atoms with Crippen molar-refractivity contribution in [3.8, 4) is 0 Å². The standard InChI is InChI=1S/C14H21BrN2/c1-3-14(4-2)6-9-17(10-7-14)13-5-8-16-11-12(13)15/h5,8,11H,3-4,6-7,9-10H2,1-2H3. The van der Waals surface area contributed by atoms with E-state index in [2.05, 4.69) is 45.7 Å². The monoisotopic (exact) mass is 296 g/mol. The minimum atomic E-state index is 0.593. The molecule has 3 heteroatoms. The smallest absolute Gasteiger partial charge is 0.0592 e. The number of pyridine rings is 1. The second kappa shape index (κ2) is 5.38. The molecule has 0 atom stereocenters. The normalized spacial score (nSPS) is 19.4. The summed E-state index contributed by atoms with van der Waals surface area (Å²) in [6.07, 6.45) is 9.02. The van der Waals surface area contributed by atoms with Gasteiger partial charge in [-0.3, -0.25) is 4.98 Å². The van der Waals surface area contributed by atoms with Crippen molar-refractivity contribution in [2.75, 3.05) is 18.0 Å². The fraction of sp³-hybridized carbons (Fsp3) is 0.643. The van der Waals surface area contributed by atoms with Crippen LogP contribution in [0.5, 0.6) is 0 Å². The highest BCUT2D eigenvalue weighted by Crippen LogP contribution is 2.40. The van der Waals surface area contributed by atoms with Crippen molar-refractivity contribution >= 4 is 21.6 Å². The highest BCUT2D eigenvalue weighted by atomic mass is 79.9. The van der Waals surface area contributed by atoms with Gasteiger partial charge in [-0.25, -0.2) is 0 Å². The lowest BCUT2D eigenvalue weighted by molar-refractivity contribution is 0.199. The maximum absolute atomic E-state index is 4.13. The molecule has 2 rings (SSSR count). The number of halogens is 1. The summed E-state index contributed by atoms with van der Waals surface area (Å²) in [4.78, 5) is 6.61. The number of hydrogen-bond acceptors (Lipinski definition) is 2. The zero-order valence-electron chi connectivity index (χ0n) is 10.7.